The molecule has 0 radical (unpaired) electrons. The number of carbonyl (C=O) groups is 1. The minimum Gasteiger partial charge on any atom is -0.478 e. The van der Waals surface area contributed by atoms with Gasteiger partial charge in [-0.15, -0.1) is 0 Å². The largest absolute Gasteiger partial charge is 0.478 e. The molecule has 1 aliphatic heterocycles. The van der Waals surface area contributed by atoms with Crippen LogP contribution < -0.4 is 0 Å². The molecule has 98 valence electrons. The van der Waals surface area contributed by atoms with Crippen molar-refractivity contribution in [2.24, 2.45) is 0 Å². The Hall–Kier alpha value is -1.65. The number of carboxylic acids is 1. The van der Waals surface area contributed by atoms with E-state index in [0.29, 0.717) is 29.1 Å². The monoisotopic (exact) mass is 277 g/mol. The maximum atomic E-state index is 11.4. The molecule has 5 heteroatoms. The highest BCUT2D eigenvalue weighted by Gasteiger charge is 2.22. The molecule has 0 spiro atoms. The Morgan fingerprint density at radius 1 is 1.47 bits per heavy atom. The molecule has 19 heavy (non-hydrogen) atoms. The standard InChI is InChI=1S/C14H12ClNO3/c15-11-3-1-2-9-10(14(17)18)6-12(16-13(9)11)8-4-5-19-7-8/h1-3,6,8H,4-5,7H2,(H,17,18). The van der Waals surface area contributed by atoms with Gasteiger partial charge >= 0.3 is 5.97 Å². The highest BCUT2D eigenvalue weighted by molar-refractivity contribution is 6.35. The van der Waals surface area contributed by atoms with Gasteiger partial charge in [-0.1, -0.05) is 23.7 Å². The third-order valence-electron chi connectivity index (χ3n) is 3.39. The smallest absolute Gasteiger partial charge is 0.336 e. The molecule has 1 aromatic heterocycles. The van der Waals surface area contributed by atoms with Crippen LogP contribution in [0.2, 0.25) is 5.02 Å². The molecule has 1 unspecified atom stereocenters. The predicted octanol–water partition coefficient (Wildman–Crippen LogP) is 3.09. The second kappa shape index (κ2) is 4.79. The summed E-state index contributed by atoms with van der Waals surface area (Å²) in [4.78, 5) is 15.9. The molecule has 1 aromatic carbocycles. The fourth-order valence-electron chi connectivity index (χ4n) is 2.39. The summed E-state index contributed by atoms with van der Waals surface area (Å²) in [6.07, 6.45) is 0.863. The molecule has 0 bridgehead atoms. The number of rotatable bonds is 2. The van der Waals surface area contributed by atoms with Gasteiger partial charge in [-0.05, 0) is 18.6 Å². The molecular formula is C14H12ClNO3. The number of nitrogens with zero attached hydrogens (tertiary/aromatic N) is 1. The van der Waals surface area contributed by atoms with Crippen LogP contribution in [0.1, 0.15) is 28.4 Å². The fraction of sp³-hybridized carbons (Fsp3) is 0.286. The highest BCUT2D eigenvalue weighted by Crippen LogP contribution is 2.30. The number of para-hydroxylation sites is 1. The molecule has 0 saturated carbocycles. The van der Waals surface area contributed by atoms with Crippen LogP contribution in [0, 0.1) is 0 Å². The summed E-state index contributed by atoms with van der Waals surface area (Å²) in [7, 11) is 0. The van der Waals surface area contributed by atoms with Crippen LogP contribution in [-0.2, 0) is 4.74 Å². The van der Waals surface area contributed by atoms with E-state index in [9.17, 15) is 9.90 Å². The van der Waals surface area contributed by atoms with Crippen LogP contribution in [-0.4, -0.2) is 29.3 Å². The van der Waals surface area contributed by atoms with E-state index in [2.05, 4.69) is 4.98 Å². The van der Waals surface area contributed by atoms with Crippen LogP contribution in [0.25, 0.3) is 10.9 Å². The summed E-state index contributed by atoms with van der Waals surface area (Å²) in [5.74, 6) is -0.811. The molecule has 1 aliphatic rings. The number of hydrogen-bond donors (Lipinski definition) is 1. The number of ether oxygens (including phenoxy) is 1. The van der Waals surface area contributed by atoms with Gasteiger partial charge in [0.1, 0.15) is 0 Å². The summed E-state index contributed by atoms with van der Waals surface area (Å²) in [6, 6.07) is 6.82. The maximum Gasteiger partial charge on any atom is 0.336 e. The lowest BCUT2D eigenvalue weighted by molar-refractivity contribution is 0.0698. The quantitative estimate of drug-likeness (QED) is 0.916. The van der Waals surface area contributed by atoms with E-state index >= 15 is 0 Å². The van der Waals surface area contributed by atoms with E-state index in [0.717, 1.165) is 12.1 Å². The van der Waals surface area contributed by atoms with E-state index in [1.54, 1.807) is 24.3 Å². The number of aromatic nitrogens is 1. The molecule has 1 atom stereocenters. The Morgan fingerprint density at radius 2 is 2.32 bits per heavy atom. The highest BCUT2D eigenvalue weighted by atomic mass is 35.5. The topological polar surface area (TPSA) is 59.4 Å². The second-order valence-corrected chi connectivity index (χ2v) is 5.00. The first-order valence-corrected chi connectivity index (χ1v) is 6.45. The van der Waals surface area contributed by atoms with Gasteiger partial charge in [0, 0.05) is 23.6 Å². The van der Waals surface area contributed by atoms with E-state index in [-0.39, 0.29) is 11.5 Å². The van der Waals surface area contributed by atoms with Gasteiger partial charge in [-0.25, -0.2) is 4.79 Å². The van der Waals surface area contributed by atoms with Gasteiger partial charge in [0.05, 0.1) is 22.7 Å². The molecule has 4 nitrogen and oxygen atoms in total. The van der Waals surface area contributed by atoms with Crippen molar-refractivity contribution in [2.75, 3.05) is 13.2 Å². The number of aromatic carboxylic acids is 1. The van der Waals surface area contributed by atoms with Crippen molar-refractivity contribution >= 4 is 28.5 Å². The third kappa shape index (κ3) is 2.17. The molecule has 0 aliphatic carbocycles. The minimum absolute atomic E-state index is 0.152. The van der Waals surface area contributed by atoms with E-state index in [1.165, 1.54) is 0 Å². The van der Waals surface area contributed by atoms with Gasteiger partial charge in [-0.2, -0.15) is 0 Å². The van der Waals surface area contributed by atoms with Crippen LogP contribution in [0.15, 0.2) is 24.3 Å². The predicted molar refractivity (Wildman–Crippen MR) is 71.9 cm³/mol. The molecule has 1 saturated heterocycles. The summed E-state index contributed by atoms with van der Waals surface area (Å²) in [6.45, 7) is 1.28. The number of pyridine rings is 1. The summed E-state index contributed by atoms with van der Waals surface area (Å²) in [5, 5.41) is 10.4. The molecule has 1 N–H and O–H groups in total. The SMILES string of the molecule is O=C(O)c1cc(C2CCOC2)nc2c(Cl)cccc12. The van der Waals surface area contributed by atoms with E-state index in [4.69, 9.17) is 16.3 Å². The first-order valence-electron chi connectivity index (χ1n) is 6.07. The summed E-state index contributed by atoms with van der Waals surface area (Å²) < 4.78 is 5.33. The molecule has 0 amide bonds. The third-order valence-corrected chi connectivity index (χ3v) is 3.69. The van der Waals surface area contributed by atoms with Crippen molar-refractivity contribution in [2.45, 2.75) is 12.3 Å². The van der Waals surface area contributed by atoms with Crippen molar-refractivity contribution in [3.63, 3.8) is 0 Å². The van der Waals surface area contributed by atoms with Crippen molar-refractivity contribution in [1.29, 1.82) is 0 Å². The Labute approximate surface area is 115 Å². The normalized spacial score (nSPS) is 18.9. The minimum atomic E-state index is -0.963. The van der Waals surface area contributed by atoms with Crippen molar-refractivity contribution in [3.05, 3.63) is 40.5 Å². The molecule has 1 fully saturated rings. The molecule has 2 heterocycles. The first kappa shape index (κ1) is 12.4. The number of carboxylic acid groups (broad SMARTS) is 1. The lowest BCUT2D eigenvalue weighted by atomic mass is 10.00. The van der Waals surface area contributed by atoms with Crippen molar-refractivity contribution < 1.29 is 14.6 Å². The van der Waals surface area contributed by atoms with E-state index in [1.807, 2.05) is 0 Å². The molecular weight excluding hydrogens is 266 g/mol. The zero-order valence-electron chi connectivity index (χ0n) is 10.1. The van der Waals surface area contributed by atoms with Gasteiger partial charge in [0.15, 0.2) is 0 Å². The molecule has 2 aromatic rings. The summed E-state index contributed by atoms with van der Waals surface area (Å²) >= 11 is 6.13. The fourth-order valence-corrected chi connectivity index (χ4v) is 2.60. The number of halogens is 1. The average Bonchev–Trinajstić information content (AvgIpc) is 2.92. The van der Waals surface area contributed by atoms with Crippen LogP contribution in [0.5, 0.6) is 0 Å². The van der Waals surface area contributed by atoms with Crippen molar-refractivity contribution in [1.82, 2.24) is 4.98 Å². The van der Waals surface area contributed by atoms with Crippen LogP contribution in [0.3, 0.4) is 0 Å². The maximum absolute atomic E-state index is 11.4. The van der Waals surface area contributed by atoms with E-state index < -0.39 is 5.97 Å². The number of fused-ring (bicyclic) bond motifs is 1. The Balaban J connectivity index is 2.25. The number of hydrogen-bond acceptors (Lipinski definition) is 3. The Bertz CT molecular complexity index is 650. The number of benzene rings is 1. The van der Waals surface area contributed by atoms with Crippen LogP contribution in [0.4, 0.5) is 0 Å². The van der Waals surface area contributed by atoms with Gasteiger partial charge in [0.25, 0.3) is 0 Å². The lowest BCUT2D eigenvalue weighted by Gasteiger charge is -2.11. The Kier molecular flexibility index (Phi) is 3.12. The Morgan fingerprint density at radius 3 is 3.00 bits per heavy atom. The second-order valence-electron chi connectivity index (χ2n) is 4.60. The first-order chi connectivity index (χ1) is 9.16. The lowest BCUT2D eigenvalue weighted by Crippen LogP contribution is -2.06. The van der Waals surface area contributed by atoms with Crippen molar-refractivity contribution in [3.8, 4) is 0 Å². The zero-order chi connectivity index (χ0) is 13.4. The average molecular weight is 278 g/mol. The molecule has 3 rings (SSSR count). The van der Waals surface area contributed by atoms with Gasteiger partial charge < -0.3 is 9.84 Å². The van der Waals surface area contributed by atoms with Crippen LogP contribution >= 0.6 is 11.6 Å². The van der Waals surface area contributed by atoms with Gasteiger partial charge in [-0.3, -0.25) is 4.98 Å². The summed E-state index contributed by atoms with van der Waals surface area (Å²) in [5.41, 5.74) is 1.54. The zero-order valence-corrected chi connectivity index (χ0v) is 10.9. The van der Waals surface area contributed by atoms with Gasteiger partial charge in [0.2, 0.25) is 0 Å².